The van der Waals surface area contributed by atoms with Crippen LogP contribution in [0.3, 0.4) is 0 Å². The Hall–Kier alpha value is -2.66. The molecule has 0 saturated heterocycles. The topological polar surface area (TPSA) is 53.9 Å². The van der Waals surface area contributed by atoms with Crippen molar-refractivity contribution in [1.29, 1.82) is 0 Å². The van der Waals surface area contributed by atoms with Crippen LogP contribution >= 0.6 is 11.6 Å². The predicted octanol–water partition coefficient (Wildman–Crippen LogP) is 4.21. The summed E-state index contributed by atoms with van der Waals surface area (Å²) in [6.45, 7) is 2.68. The van der Waals surface area contributed by atoms with Gasteiger partial charge in [-0.05, 0) is 30.2 Å². The molecule has 0 bridgehead atoms. The number of benzene rings is 2. The smallest absolute Gasteiger partial charge is 0.247 e. The molecule has 3 rings (SSSR count). The summed E-state index contributed by atoms with van der Waals surface area (Å²) in [4.78, 5) is 6.47. The lowest BCUT2D eigenvalue weighted by Gasteiger charge is -2.17. The fraction of sp³-hybridized carbons (Fsp3) is 0.167. The number of halogens is 1. The Morgan fingerprint density at radius 1 is 1.12 bits per heavy atom. The van der Waals surface area contributed by atoms with E-state index in [9.17, 15) is 0 Å². The van der Waals surface area contributed by atoms with Crippen LogP contribution in [0.15, 0.2) is 54.7 Å². The molecule has 0 aliphatic heterocycles. The van der Waals surface area contributed by atoms with E-state index in [1.165, 1.54) is 5.56 Å². The Kier molecular flexibility index (Phi) is 4.91. The molecule has 122 valence electrons. The molecule has 0 unspecified atom stereocenters. The monoisotopic (exact) mass is 339 g/mol. The Bertz CT molecular complexity index is 823. The summed E-state index contributed by atoms with van der Waals surface area (Å²) >= 11 is 6.16. The highest BCUT2D eigenvalue weighted by molar-refractivity contribution is 6.31. The molecule has 2 aromatic carbocycles. The highest BCUT2D eigenvalue weighted by atomic mass is 35.5. The molecule has 1 heterocycles. The zero-order chi connectivity index (χ0) is 16.9. The van der Waals surface area contributed by atoms with Crippen LogP contribution in [0.1, 0.15) is 11.1 Å². The Morgan fingerprint density at radius 2 is 1.92 bits per heavy atom. The Morgan fingerprint density at radius 3 is 2.67 bits per heavy atom. The third kappa shape index (κ3) is 4.00. The van der Waals surface area contributed by atoms with Crippen LogP contribution in [0, 0.1) is 6.92 Å². The van der Waals surface area contributed by atoms with Crippen LogP contribution in [0.5, 0.6) is 0 Å². The highest BCUT2D eigenvalue weighted by Crippen LogP contribution is 2.22. The quantitative estimate of drug-likeness (QED) is 0.754. The first-order chi connectivity index (χ1) is 11.6. The third-order valence-electron chi connectivity index (χ3n) is 3.60. The largest absolute Gasteiger partial charge is 0.339 e. The lowest BCUT2D eigenvalue weighted by Crippen LogP contribution is -2.19. The highest BCUT2D eigenvalue weighted by Gasteiger charge is 2.08. The molecule has 6 heteroatoms. The van der Waals surface area contributed by atoms with Gasteiger partial charge >= 0.3 is 0 Å². The summed E-state index contributed by atoms with van der Waals surface area (Å²) < 4.78 is 0. The second-order valence-corrected chi connectivity index (χ2v) is 5.98. The van der Waals surface area contributed by atoms with Crippen molar-refractivity contribution in [3.8, 4) is 0 Å². The third-order valence-corrected chi connectivity index (χ3v) is 4.00. The van der Waals surface area contributed by atoms with E-state index in [1.54, 1.807) is 6.20 Å². The standard InChI is InChI=1S/C18H18ClN5/c1-13-8-9-15(10-16(13)19)21-17-11-20-23-18(22-17)24(2)12-14-6-4-3-5-7-14/h3-11H,12H2,1-2H3,(H,21,22,23). The number of aryl methyl sites for hydroxylation is 1. The van der Waals surface area contributed by atoms with E-state index in [2.05, 4.69) is 32.6 Å². The molecule has 0 fully saturated rings. The van der Waals surface area contributed by atoms with Crippen molar-refractivity contribution in [2.75, 3.05) is 17.3 Å². The summed E-state index contributed by atoms with van der Waals surface area (Å²) in [6, 6.07) is 16.0. The van der Waals surface area contributed by atoms with Crippen LogP contribution in [0.4, 0.5) is 17.5 Å². The molecule has 5 nitrogen and oxygen atoms in total. The average molecular weight is 340 g/mol. The molecular formula is C18H18ClN5. The van der Waals surface area contributed by atoms with E-state index in [1.807, 2.05) is 55.3 Å². The van der Waals surface area contributed by atoms with Gasteiger partial charge in [0, 0.05) is 24.3 Å². The van der Waals surface area contributed by atoms with Gasteiger partial charge in [0.2, 0.25) is 5.95 Å². The molecule has 0 saturated carbocycles. The Balaban J connectivity index is 1.74. The van der Waals surface area contributed by atoms with Crippen LogP contribution < -0.4 is 10.2 Å². The van der Waals surface area contributed by atoms with Gasteiger partial charge in [0.1, 0.15) is 0 Å². The zero-order valence-corrected chi connectivity index (χ0v) is 14.3. The summed E-state index contributed by atoms with van der Waals surface area (Å²) in [5, 5.41) is 12.1. The number of aromatic nitrogens is 3. The molecule has 0 radical (unpaired) electrons. The lowest BCUT2D eigenvalue weighted by atomic mass is 10.2. The van der Waals surface area contributed by atoms with Crippen LogP contribution in [-0.4, -0.2) is 22.2 Å². The van der Waals surface area contributed by atoms with Gasteiger partial charge in [0.25, 0.3) is 0 Å². The van der Waals surface area contributed by atoms with Crippen molar-refractivity contribution in [2.45, 2.75) is 13.5 Å². The fourth-order valence-electron chi connectivity index (χ4n) is 2.26. The minimum absolute atomic E-state index is 0.557. The van der Waals surface area contributed by atoms with E-state index >= 15 is 0 Å². The first kappa shape index (κ1) is 16.2. The molecule has 0 aliphatic rings. The summed E-state index contributed by atoms with van der Waals surface area (Å²) in [5.74, 6) is 1.18. The summed E-state index contributed by atoms with van der Waals surface area (Å²) in [5.41, 5.74) is 3.08. The minimum atomic E-state index is 0.557. The van der Waals surface area contributed by atoms with E-state index in [4.69, 9.17) is 11.6 Å². The predicted molar refractivity (Wildman–Crippen MR) is 97.8 cm³/mol. The second kappa shape index (κ2) is 7.27. The number of hydrogen-bond donors (Lipinski definition) is 1. The molecule has 0 atom stereocenters. The van der Waals surface area contributed by atoms with Crippen molar-refractivity contribution >= 4 is 29.1 Å². The first-order valence-corrected chi connectivity index (χ1v) is 7.97. The maximum absolute atomic E-state index is 6.16. The maximum Gasteiger partial charge on any atom is 0.247 e. The average Bonchev–Trinajstić information content (AvgIpc) is 2.59. The number of rotatable bonds is 5. The molecule has 1 N–H and O–H groups in total. The van der Waals surface area contributed by atoms with Crippen molar-refractivity contribution in [3.63, 3.8) is 0 Å². The summed E-state index contributed by atoms with van der Waals surface area (Å²) in [7, 11) is 1.94. The SMILES string of the molecule is Cc1ccc(Nc2cnnc(N(C)Cc3ccccc3)n2)cc1Cl. The Labute approximate surface area is 146 Å². The first-order valence-electron chi connectivity index (χ1n) is 7.60. The molecular weight excluding hydrogens is 322 g/mol. The van der Waals surface area contributed by atoms with Crippen molar-refractivity contribution in [2.24, 2.45) is 0 Å². The van der Waals surface area contributed by atoms with Gasteiger partial charge in [0.15, 0.2) is 5.82 Å². The molecule has 0 amide bonds. The van der Waals surface area contributed by atoms with Crippen LogP contribution in [-0.2, 0) is 6.54 Å². The lowest BCUT2D eigenvalue weighted by molar-refractivity contribution is 0.831. The molecule has 3 aromatic rings. The fourth-order valence-corrected chi connectivity index (χ4v) is 2.44. The molecule has 1 aromatic heterocycles. The summed E-state index contributed by atoms with van der Waals surface area (Å²) in [6.07, 6.45) is 1.59. The van der Waals surface area contributed by atoms with Gasteiger partial charge in [-0.25, -0.2) is 0 Å². The second-order valence-electron chi connectivity index (χ2n) is 5.57. The van der Waals surface area contributed by atoms with Gasteiger partial charge in [0.05, 0.1) is 6.20 Å². The molecule has 0 spiro atoms. The van der Waals surface area contributed by atoms with E-state index < -0.39 is 0 Å². The van der Waals surface area contributed by atoms with Gasteiger partial charge < -0.3 is 10.2 Å². The van der Waals surface area contributed by atoms with Crippen molar-refractivity contribution in [3.05, 3.63) is 70.9 Å². The van der Waals surface area contributed by atoms with Gasteiger partial charge in [-0.2, -0.15) is 10.1 Å². The zero-order valence-electron chi connectivity index (χ0n) is 13.6. The van der Waals surface area contributed by atoms with Crippen molar-refractivity contribution < 1.29 is 0 Å². The maximum atomic E-state index is 6.16. The molecule has 24 heavy (non-hydrogen) atoms. The van der Waals surface area contributed by atoms with Gasteiger partial charge in [-0.1, -0.05) is 48.0 Å². The van der Waals surface area contributed by atoms with E-state index in [0.717, 1.165) is 11.3 Å². The van der Waals surface area contributed by atoms with Crippen LogP contribution in [0.2, 0.25) is 5.02 Å². The van der Waals surface area contributed by atoms with E-state index in [-0.39, 0.29) is 0 Å². The van der Waals surface area contributed by atoms with Crippen LogP contribution in [0.25, 0.3) is 0 Å². The van der Waals surface area contributed by atoms with E-state index in [0.29, 0.717) is 23.3 Å². The number of nitrogens with one attached hydrogen (secondary N) is 1. The molecule has 0 aliphatic carbocycles. The number of hydrogen-bond acceptors (Lipinski definition) is 5. The minimum Gasteiger partial charge on any atom is -0.339 e. The van der Waals surface area contributed by atoms with Gasteiger partial charge in [-0.3, -0.25) is 0 Å². The normalized spacial score (nSPS) is 10.5. The number of nitrogens with zero attached hydrogens (tertiary/aromatic N) is 4. The van der Waals surface area contributed by atoms with Gasteiger partial charge in [-0.15, -0.1) is 5.10 Å². The number of anilines is 3. The van der Waals surface area contributed by atoms with Crippen molar-refractivity contribution in [1.82, 2.24) is 15.2 Å².